The number of nitrogens with one attached hydrogen (secondary N) is 2. The van der Waals surface area contributed by atoms with Crippen molar-refractivity contribution in [2.75, 3.05) is 4.72 Å². The van der Waals surface area contributed by atoms with Gasteiger partial charge in [0.25, 0.3) is 10.0 Å². The third-order valence-electron chi connectivity index (χ3n) is 3.78. The number of hydroxylamine groups is 1. The van der Waals surface area contributed by atoms with Crippen LogP contribution in [0.4, 0.5) is 5.69 Å². The zero-order valence-corrected chi connectivity index (χ0v) is 14.0. The topological polar surface area (TPSA) is 95.5 Å². The summed E-state index contributed by atoms with van der Waals surface area (Å²) in [6, 6.07) is 18.8. The van der Waals surface area contributed by atoms with Gasteiger partial charge in [0.05, 0.1) is 17.0 Å². The molecule has 0 heterocycles. The molecule has 0 radical (unpaired) electrons. The molecular formula is C18H16N2O4S. The molecule has 0 unspecified atom stereocenters. The zero-order chi connectivity index (χ0) is 17.9. The molecule has 128 valence electrons. The van der Waals surface area contributed by atoms with Crippen LogP contribution < -0.4 is 10.2 Å². The summed E-state index contributed by atoms with van der Waals surface area (Å²) in [5.74, 6) is -0.628. The van der Waals surface area contributed by atoms with Crippen molar-refractivity contribution in [2.45, 2.75) is 11.3 Å². The van der Waals surface area contributed by atoms with Crippen LogP contribution >= 0.6 is 0 Å². The van der Waals surface area contributed by atoms with Crippen LogP contribution in [0.2, 0.25) is 0 Å². The monoisotopic (exact) mass is 356 g/mol. The van der Waals surface area contributed by atoms with Gasteiger partial charge in [0.15, 0.2) is 0 Å². The van der Waals surface area contributed by atoms with Crippen molar-refractivity contribution in [1.29, 1.82) is 0 Å². The second-order valence-corrected chi connectivity index (χ2v) is 7.10. The Hall–Kier alpha value is -2.90. The first kappa shape index (κ1) is 16.9. The van der Waals surface area contributed by atoms with E-state index in [9.17, 15) is 13.2 Å². The van der Waals surface area contributed by atoms with Crippen LogP contribution in [-0.4, -0.2) is 19.5 Å². The van der Waals surface area contributed by atoms with Crippen LogP contribution in [0, 0.1) is 0 Å². The number of amides is 1. The summed E-state index contributed by atoms with van der Waals surface area (Å²) in [6.07, 6.45) is -0.148. The van der Waals surface area contributed by atoms with E-state index in [4.69, 9.17) is 5.21 Å². The molecule has 0 aromatic heterocycles. The fourth-order valence-corrected chi connectivity index (χ4v) is 3.95. The zero-order valence-electron chi connectivity index (χ0n) is 13.1. The van der Waals surface area contributed by atoms with E-state index in [1.54, 1.807) is 47.9 Å². The van der Waals surface area contributed by atoms with Gasteiger partial charge in [-0.1, -0.05) is 54.6 Å². The number of carbonyl (C=O) groups is 1. The average Bonchev–Trinajstić information content (AvgIpc) is 2.62. The van der Waals surface area contributed by atoms with Crippen molar-refractivity contribution in [3.8, 4) is 0 Å². The molecule has 0 aliphatic carbocycles. The highest BCUT2D eigenvalue weighted by molar-refractivity contribution is 7.93. The summed E-state index contributed by atoms with van der Waals surface area (Å²) in [7, 11) is -3.85. The lowest BCUT2D eigenvalue weighted by Gasteiger charge is -2.13. The first-order valence-corrected chi connectivity index (χ1v) is 9.01. The summed E-state index contributed by atoms with van der Waals surface area (Å²) in [5, 5.41) is 10.1. The van der Waals surface area contributed by atoms with Gasteiger partial charge in [-0.05, 0) is 23.1 Å². The highest BCUT2D eigenvalue weighted by atomic mass is 32.2. The molecule has 0 aliphatic rings. The van der Waals surface area contributed by atoms with Crippen molar-refractivity contribution in [3.05, 3.63) is 72.3 Å². The van der Waals surface area contributed by atoms with Crippen LogP contribution in [0.25, 0.3) is 10.8 Å². The maximum atomic E-state index is 12.9. The van der Waals surface area contributed by atoms with Crippen molar-refractivity contribution in [1.82, 2.24) is 5.48 Å². The molecule has 0 saturated heterocycles. The van der Waals surface area contributed by atoms with Gasteiger partial charge in [0.2, 0.25) is 5.91 Å². The van der Waals surface area contributed by atoms with E-state index in [1.807, 2.05) is 18.2 Å². The summed E-state index contributed by atoms with van der Waals surface area (Å²) < 4.78 is 28.3. The Morgan fingerprint density at radius 2 is 1.60 bits per heavy atom. The minimum atomic E-state index is -3.85. The summed E-state index contributed by atoms with van der Waals surface area (Å²) in [6.45, 7) is 0. The lowest BCUT2D eigenvalue weighted by Crippen LogP contribution is -2.22. The number of carbonyl (C=O) groups excluding carboxylic acids is 1. The normalized spacial score (nSPS) is 11.2. The molecule has 0 atom stereocenters. The van der Waals surface area contributed by atoms with Crippen LogP contribution in [0.5, 0.6) is 0 Å². The maximum Gasteiger partial charge on any atom is 0.262 e. The quantitative estimate of drug-likeness (QED) is 0.484. The van der Waals surface area contributed by atoms with Crippen LogP contribution in [0.3, 0.4) is 0 Å². The minimum absolute atomic E-state index is 0.148. The standard InChI is InChI=1S/C18H16N2O4S/c21-18(19-22)12-14-7-2-4-10-16(14)20-25(23,24)17-11-5-8-13-6-1-3-9-15(13)17/h1-11,20,22H,12H2,(H,19,21). The fraction of sp³-hybridized carbons (Fsp3) is 0.0556. The molecule has 0 saturated carbocycles. The van der Waals surface area contributed by atoms with Gasteiger partial charge in [0, 0.05) is 5.39 Å². The predicted molar refractivity (Wildman–Crippen MR) is 94.8 cm³/mol. The highest BCUT2D eigenvalue weighted by Gasteiger charge is 2.19. The minimum Gasteiger partial charge on any atom is -0.289 e. The smallest absolute Gasteiger partial charge is 0.262 e. The maximum absolute atomic E-state index is 12.9. The molecule has 3 N–H and O–H groups in total. The van der Waals surface area contributed by atoms with Crippen LogP contribution in [0.1, 0.15) is 5.56 Å². The van der Waals surface area contributed by atoms with E-state index in [-0.39, 0.29) is 11.3 Å². The summed E-state index contributed by atoms with van der Waals surface area (Å²) in [4.78, 5) is 11.6. The Morgan fingerprint density at radius 3 is 2.40 bits per heavy atom. The number of sulfonamides is 1. The third kappa shape index (κ3) is 3.62. The van der Waals surface area contributed by atoms with Crippen LogP contribution in [-0.2, 0) is 21.2 Å². The van der Waals surface area contributed by atoms with Gasteiger partial charge < -0.3 is 0 Å². The molecular weight excluding hydrogens is 340 g/mol. The van der Waals surface area contributed by atoms with Gasteiger partial charge >= 0.3 is 0 Å². The molecule has 3 aromatic rings. The fourth-order valence-electron chi connectivity index (χ4n) is 2.62. The van der Waals surface area contributed by atoms with Gasteiger partial charge in [-0.2, -0.15) is 0 Å². The van der Waals surface area contributed by atoms with E-state index >= 15 is 0 Å². The second-order valence-electron chi connectivity index (χ2n) is 5.45. The van der Waals surface area contributed by atoms with Gasteiger partial charge in [-0.15, -0.1) is 0 Å². The Morgan fingerprint density at radius 1 is 0.920 bits per heavy atom. The van der Waals surface area contributed by atoms with E-state index in [1.165, 1.54) is 6.07 Å². The molecule has 25 heavy (non-hydrogen) atoms. The number of fused-ring (bicyclic) bond motifs is 1. The average molecular weight is 356 g/mol. The van der Waals surface area contributed by atoms with Gasteiger partial charge in [-0.25, -0.2) is 13.9 Å². The molecule has 0 bridgehead atoms. The molecule has 3 aromatic carbocycles. The lowest BCUT2D eigenvalue weighted by atomic mass is 10.1. The third-order valence-corrected chi connectivity index (χ3v) is 5.20. The summed E-state index contributed by atoms with van der Waals surface area (Å²) in [5.41, 5.74) is 2.29. The molecule has 3 rings (SSSR count). The van der Waals surface area contributed by atoms with Crippen LogP contribution in [0.15, 0.2) is 71.6 Å². The molecule has 6 nitrogen and oxygen atoms in total. The van der Waals surface area contributed by atoms with E-state index in [2.05, 4.69) is 4.72 Å². The molecule has 0 spiro atoms. The Balaban J connectivity index is 2.01. The predicted octanol–water partition coefficient (Wildman–Crippen LogP) is 2.69. The Kier molecular flexibility index (Phi) is 4.69. The van der Waals surface area contributed by atoms with Crippen molar-refractivity contribution < 1.29 is 18.4 Å². The molecule has 1 amide bonds. The first-order chi connectivity index (χ1) is 12.0. The first-order valence-electron chi connectivity index (χ1n) is 7.53. The highest BCUT2D eigenvalue weighted by Crippen LogP contribution is 2.26. The number of anilines is 1. The number of hydrogen-bond donors (Lipinski definition) is 3. The second kappa shape index (κ2) is 6.92. The van der Waals surface area contributed by atoms with Crippen molar-refractivity contribution in [2.24, 2.45) is 0 Å². The number of para-hydroxylation sites is 1. The lowest BCUT2D eigenvalue weighted by molar-refractivity contribution is -0.128. The van der Waals surface area contributed by atoms with E-state index in [0.717, 1.165) is 5.39 Å². The van der Waals surface area contributed by atoms with E-state index in [0.29, 0.717) is 16.6 Å². The van der Waals surface area contributed by atoms with Crippen molar-refractivity contribution >= 4 is 32.4 Å². The number of hydrogen-bond acceptors (Lipinski definition) is 4. The molecule has 7 heteroatoms. The van der Waals surface area contributed by atoms with Gasteiger partial charge in [-0.3, -0.25) is 14.7 Å². The Bertz CT molecular complexity index is 1030. The SMILES string of the molecule is O=C(Cc1ccccc1NS(=O)(=O)c1cccc2ccccc12)NO. The largest absolute Gasteiger partial charge is 0.289 e. The molecule has 0 fully saturated rings. The number of rotatable bonds is 5. The molecule has 0 aliphatic heterocycles. The number of benzene rings is 3. The summed E-state index contributed by atoms with van der Waals surface area (Å²) >= 11 is 0. The van der Waals surface area contributed by atoms with E-state index < -0.39 is 15.9 Å². The van der Waals surface area contributed by atoms with Crippen molar-refractivity contribution in [3.63, 3.8) is 0 Å². The Labute approximate surface area is 145 Å². The van der Waals surface area contributed by atoms with Gasteiger partial charge in [0.1, 0.15) is 0 Å².